The number of ether oxygens (including phenoxy) is 1. The van der Waals surface area contributed by atoms with Crippen LogP contribution in [0.4, 0.5) is 0 Å². The Bertz CT molecular complexity index is 547. The zero-order valence-corrected chi connectivity index (χ0v) is 13.5. The molecule has 0 amide bonds. The van der Waals surface area contributed by atoms with Crippen molar-refractivity contribution >= 4 is 11.8 Å². The van der Waals surface area contributed by atoms with E-state index in [1.165, 1.54) is 0 Å². The average molecular weight is 290 g/mol. The van der Waals surface area contributed by atoms with Crippen molar-refractivity contribution < 1.29 is 14.3 Å². The number of benzene rings is 1. The Hall–Kier alpha value is -1.68. The lowest BCUT2D eigenvalue weighted by Crippen LogP contribution is -2.24. The highest BCUT2D eigenvalue weighted by atomic mass is 16.5. The summed E-state index contributed by atoms with van der Waals surface area (Å²) in [5, 5.41) is 0. The van der Waals surface area contributed by atoms with Crippen LogP contribution in [0.15, 0.2) is 12.1 Å². The first-order chi connectivity index (χ1) is 9.69. The highest BCUT2D eigenvalue weighted by Crippen LogP contribution is 2.39. The average Bonchev–Trinajstić information content (AvgIpc) is 2.32. The van der Waals surface area contributed by atoms with Crippen LogP contribution in [0.5, 0.6) is 5.75 Å². The summed E-state index contributed by atoms with van der Waals surface area (Å²) in [5.41, 5.74) is 9.48. The SMILES string of the molecule is CC(=O)CC(C)(C)c1c(C)ccc(C)c1OC(=O)CC[NH-]. The Balaban J connectivity index is 3.32. The highest BCUT2D eigenvalue weighted by molar-refractivity contribution is 5.78. The molecule has 1 rings (SSSR count). The first kappa shape index (κ1) is 17.4. The minimum atomic E-state index is -0.404. The molecule has 0 bridgehead atoms. The monoisotopic (exact) mass is 290 g/mol. The van der Waals surface area contributed by atoms with Crippen LogP contribution in [0.2, 0.25) is 0 Å². The molecule has 0 saturated carbocycles. The van der Waals surface area contributed by atoms with E-state index >= 15 is 0 Å². The molecule has 0 radical (unpaired) electrons. The van der Waals surface area contributed by atoms with Gasteiger partial charge in [-0.15, -0.1) is 6.54 Å². The van der Waals surface area contributed by atoms with Crippen LogP contribution < -0.4 is 4.74 Å². The third-order valence-corrected chi connectivity index (χ3v) is 3.48. The lowest BCUT2D eigenvalue weighted by atomic mass is 9.77. The number of carbonyl (C=O) groups is 2. The second kappa shape index (κ2) is 6.85. The molecule has 0 aliphatic carbocycles. The molecule has 0 saturated heterocycles. The van der Waals surface area contributed by atoms with Crippen LogP contribution in [0.1, 0.15) is 50.3 Å². The maximum atomic E-state index is 11.8. The van der Waals surface area contributed by atoms with Crippen molar-refractivity contribution in [1.82, 2.24) is 0 Å². The molecule has 0 spiro atoms. The molecule has 1 aromatic rings. The van der Waals surface area contributed by atoms with E-state index in [4.69, 9.17) is 10.5 Å². The van der Waals surface area contributed by atoms with E-state index in [2.05, 4.69) is 0 Å². The number of hydrogen-bond donors (Lipinski definition) is 0. The van der Waals surface area contributed by atoms with Crippen molar-refractivity contribution in [2.45, 2.75) is 52.9 Å². The molecular formula is C17H24NO3-. The molecule has 0 aliphatic rings. The summed E-state index contributed by atoms with van der Waals surface area (Å²) in [4.78, 5) is 23.3. The number of ketones is 1. The van der Waals surface area contributed by atoms with Gasteiger partial charge in [0.15, 0.2) is 0 Å². The van der Waals surface area contributed by atoms with Gasteiger partial charge in [0.25, 0.3) is 0 Å². The van der Waals surface area contributed by atoms with E-state index < -0.39 is 11.4 Å². The minimum absolute atomic E-state index is 0.00979. The molecule has 0 unspecified atom stereocenters. The third kappa shape index (κ3) is 4.39. The van der Waals surface area contributed by atoms with Gasteiger partial charge in [-0.2, -0.15) is 0 Å². The second-order valence-corrected chi connectivity index (χ2v) is 6.14. The van der Waals surface area contributed by atoms with Gasteiger partial charge in [-0.1, -0.05) is 26.0 Å². The maximum absolute atomic E-state index is 11.8. The Morgan fingerprint density at radius 2 is 1.76 bits per heavy atom. The molecule has 0 atom stereocenters. The van der Waals surface area contributed by atoms with Gasteiger partial charge in [0.2, 0.25) is 0 Å². The van der Waals surface area contributed by atoms with Crippen LogP contribution in [0.25, 0.3) is 5.73 Å². The summed E-state index contributed by atoms with van der Waals surface area (Å²) in [6.07, 6.45) is 0.459. The van der Waals surface area contributed by atoms with Crippen molar-refractivity contribution in [3.8, 4) is 5.75 Å². The molecule has 0 aliphatic heterocycles. The summed E-state index contributed by atoms with van der Waals surface area (Å²) < 4.78 is 5.50. The lowest BCUT2D eigenvalue weighted by molar-refractivity contribution is -0.134. The van der Waals surface area contributed by atoms with E-state index in [-0.39, 0.29) is 18.7 Å². The highest BCUT2D eigenvalue weighted by Gasteiger charge is 2.29. The minimum Gasteiger partial charge on any atom is -0.677 e. The van der Waals surface area contributed by atoms with E-state index in [1.54, 1.807) is 6.92 Å². The maximum Gasteiger partial charge on any atom is 0.309 e. The van der Waals surface area contributed by atoms with Crippen LogP contribution in [-0.4, -0.2) is 18.3 Å². The van der Waals surface area contributed by atoms with Gasteiger partial charge in [0, 0.05) is 23.8 Å². The molecule has 0 aromatic heterocycles. The topological polar surface area (TPSA) is 67.2 Å². The van der Waals surface area contributed by atoms with Crippen molar-refractivity contribution in [2.75, 3.05) is 6.54 Å². The second-order valence-electron chi connectivity index (χ2n) is 6.14. The summed E-state index contributed by atoms with van der Waals surface area (Å²) in [5.74, 6) is 0.239. The standard InChI is InChI=1S/C17H24NO3/c1-11-6-7-12(2)16(21-14(20)8-9-18)15(11)17(4,5)10-13(3)19/h6-7,18H,8-10H2,1-5H3/q-1. The van der Waals surface area contributed by atoms with Crippen molar-refractivity contribution in [1.29, 1.82) is 0 Å². The molecule has 116 valence electrons. The van der Waals surface area contributed by atoms with Gasteiger partial charge in [-0.3, -0.25) is 9.59 Å². The van der Waals surface area contributed by atoms with E-state index in [1.807, 2.05) is 39.8 Å². The van der Waals surface area contributed by atoms with E-state index in [0.717, 1.165) is 16.7 Å². The van der Waals surface area contributed by atoms with Crippen molar-refractivity contribution in [2.24, 2.45) is 0 Å². The fraction of sp³-hybridized carbons (Fsp3) is 0.529. The van der Waals surface area contributed by atoms with Crippen LogP contribution in [-0.2, 0) is 15.0 Å². The number of nitrogens with one attached hydrogen (secondary N) is 1. The molecule has 0 fully saturated rings. The normalized spacial score (nSPS) is 11.3. The van der Waals surface area contributed by atoms with Crippen LogP contribution in [0.3, 0.4) is 0 Å². The fourth-order valence-electron chi connectivity index (χ4n) is 2.74. The molecule has 4 nitrogen and oxygen atoms in total. The lowest BCUT2D eigenvalue weighted by Gasteiger charge is -2.29. The van der Waals surface area contributed by atoms with Gasteiger partial charge < -0.3 is 10.5 Å². The molecule has 21 heavy (non-hydrogen) atoms. The summed E-state index contributed by atoms with van der Waals surface area (Å²) in [7, 11) is 0. The molecule has 4 heteroatoms. The van der Waals surface area contributed by atoms with Gasteiger partial charge >= 0.3 is 5.97 Å². The molecule has 1 aromatic carbocycles. The number of esters is 1. The Morgan fingerprint density at radius 1 is 1.19 bits per heavy atom. The first-order valence-corrected chi connectivity index (χ1v) is 7.14. The van der Waals surface area contributed by atoms with E-state index in [9.17, 15) is 9.59 Å². The number of Topliss-reactive ketones (excluding diaryl/α,β-unsaturated/α-hetero) is 1. The van der Waals surface area contributed by atoms with Gasteiger partial charge in [0.05, 0.1) is 0 Å². The van der Waals surface area contributed by atoms with Crippen LogP contribution >= 0.6 is 0 Å². The van der Waals surface area contributed by atoms with Gasteiger partial charge in [-0.25, -0.2) is 0 Å². The van der Waals surface area contributed by atoms with Crippen LogP contribution in [0, 0.1) is 13.8 Å². The van der Waals surface area contributed by atoms with Crippen molar-refractivity contribution in [3.63, 3.8) is 0 Å². The third-order valence-electron chi connectivity index (χ3n) is 3.48. The Kier molecular flexibility index (Phi) is 5.67. The molecule has 1 N–H and O–H groups in total. The van der Waals surface area contributed by atoms with Gasteiger partial charge in [-0.05, 0) is 31.9 Å². The number of carbonyl (C=O) groups excluding carboxylic acids is 2. The number of rotatable bonds is 6. The van der Waals surface area contributed by atoms with Gasteiger partial charge in [0.1, 0.15) is 11.5 Å². The summed E-state index contributed by atoms with van der Waals surface area (Å²) in [6.45, 7) is 9.39. The molecular weight excluding hydrogens is 266 g/mol. The van der Waals surface area contributed by atoms with E-state index in [0.29, 0.717) is 12.2 Å². The zero-order chi connectivity index (χ0) is 16.2. The summed E-state index contributed by atoms with van der Waals surface area (Å²) in [6, 6.07) is 3.89. The number of hydrogen-bond acceptors (Lipinski definition) is 3. The zero-order valence-electron chi connectivity index (χ0n) is 13.5. The summed E-state index contributed by atoms with van der Waals surface area (Å²) >= 11 is 0. The largest absolute Gasteiger partial charge is 0.677 e. The Morgan fingerprint density at radius 3 is 2.29 bits per heavy atom. The predicted octanol–water partition coefficient (Wildman–Crippen LogP) is 3.91. The Labute approximate surface area is 126 Å². The smallest absolute Gasteiger partial charge is 0.309 e. The molecule has 0 heterocycles. The fourth-order valence-corrected chi connectivity index (χ4v) is 2.74. The van der Waals surface area contributed by atoms with Crippen molar-refractivity contribution in [3.05, 3.63) is 34.6 Å². The predicted molar refractivity (Wildman–Crippen MR) is 83.7 cm³/mol. The number of aryl methyl sites for hydroxylation is 2. The quantitative estimate of drug-likeness (QED) is 0.589. The first-order valence-electron chi connectivity index (χ1n) is 7.14.